The highest BCUT2D eigenvalue weighted by molar-refractivity contribution is 6.30. The van der Waals surface area contributed by atoms with E-state index in [1.165, 1.54) is 0 Å². The third kappa shape index (κ3) is 5.32. The van der Waals surface area contributed by atoms with E-state index in [1.54, 1.807) is 30.3 Å². The van der Waals surface area contributed by atoms with Crippen LogP contribution in [0, 0.1) is 0 Å². The molecule has 1 aromatic heterocycles. The van der Waals surface area contributed by atoms with E-state index in [2.05, 4.69) is 10.2 Å². The second-order valence-electron chi connectivity index (χ2n) is 5.55. The number of aromatic nitrogens is 2. The number of nitrogens with zero attached hydrogens (tertiary/aromatic N) is 3. The Kier molecular flexibility index (Phi) is 7.01. The number of unbranched alkanes of at least 4 members (excludes halogenated alkanes) is 1. The van der Waals surface area contributed by atoms with Crippen LogP contribution < -0.4 is 4.90 Å². The molecule has 0 fully saturated rings. The molecular weight excluding hydrogens is 342 g/mol. The van der Waals surface area contributed by atoms with Gasteiger partial charge in [0.05, 0.1) is 6.61 Å². The molecule has 0 saturated heterocycles. The molecule has 0 bridgehead atoms. The third-order valence-corrected chi connectivity index (χ3v) is 3.93. The van der Waals surface area contributed by atoms with Gasteiger partial charge in [-0.2, -0.15) is 0 Å². The van der Waals surface area contributed by atoms with E-state index >= 15 is 0 Å². The number of rotatable bonds is 8. The Hall–Kier alpha value is -2.34. The molecule has 6 nitrogen and oxygen atoms in total. The van der Waals surface area contributed by atoms with E-state index in [0.717, 1.165) is 12.8 Å². The summed E-state index contributed by atoms with van der Waals surface area (Å²) in [6.07, 6.45) is 1.78. The van der Waals surface area contributed by atoms with Crippen LogP contribution in [0.25, 0.3) is 0 Å². The predicted octanol–water partition coefficient (Wildman–Crippen LogP) is 3.82. The van der Waals surface area contributed by atoms with Gasteiger partial charge in [0.1, 0.15) is 5.75 Å². The lowest BCUT2D eigenvalue weighted by Gasteiger charge is -2.22. The zero-order valence-corrected chi connectivity index (χ0v) is 15.2. The first-order valence-electron chi connectivity index (χ1n) is 8.28. The van der Waals surface area contributed by atoms with Gasteiger partial charge < -0.3 is 14.7 Å². The number of esters is 1. The van der Waals surface area contributed by atoms with Gasteiger partial charge in [0.15, 0.2) is 11.5 Å². The molecule has 0 atom stereocenters. The molecular formula is C18H22ClN3O3. The molecule has 1 N–H and O–H groups in total. The average Bonchev–Trinajstić information content (AvgIpc) is 2.62. The lowest BCUT2D eigenvalue weighted by molar-refractivity contribution is 0.0491. The Morgan fingerprint density at radius 3 is 2.68 bits per heavy atom. The summed E-state index contributed by atoms with van der Waals surface area (Å²) in [6, 6.07) is 8.22. The average molecular weight is 364 g/mol. The number of anilines is 1. The quantitative estimate of drug-likeness (QED) is 0.567. The van der Waals surface area contributed by atoms with E-state index in [1.807, 2.05) is 18.7 Å². The van der Waals surface area contributed by atoms with Gasteiger partial charge in [-0.25, -0.2) is 4.79 Å². The standard InChI is InChI=1S/C18H22ClN3O3/c1-3-5-10-25-18(24)15-7-9-17(21-20-15)22(4-2)12-13-11-14(19)6-8-16(13)23/h6-9,11,23H,3-5,10,12H2,1-2H3. The number of carbonyl (C=O) groups excluding carboxylic acids is 1. The smallest absolute Gasteiger partial charge is 0.358 e. The van der Waals surface area contributed by atoms with Gasteiger partial charge in [-0.1, -0.05) is 24.9 Å². The number of aromatic hydroxyl groups is 1. The van der Waals surface area contributed by atoms with Crippen LogP contribution in [0.3, 0.4) is 0 Å². The first-order valence-corrected chi connectivity index (χ1v) is 8.66. The van der Waals surface area contributed by atoms with Gasteiger partial charge in [-0.3, -0.25) is 0 Å². The second kappa shape index (κ2) is 9.22. The van der Waals surface area contributed by atoms with E-state index < -0.39 is 5.97 Å². The molecule has 2 rings (SSSR count). The van der Waals surface area contributed by atoms with Gasteiger partial charge in [-0.15, -0.1) is 10.2 Å². The van der Waals surface area contributed by atoms with Crippen molar-refractivity contribution >= 4 is 23.4 Å². The number of halogens is 1. The Balaban J connectivity index is 2.08. The van der Waals surface area contributed by atoms with Crippen molar-refractivity contribution in [3.8, 4) is 5.75 Å². The van der Waals surface area contributed by atoms with Crippen molar-refractivity contribution in [1.82, 2.24) is 10.2 Å². The number of ether oxygens (including phenoxy) is 1. The molecule has 0 aliphatic carbocycles. The summed E-state index contributed by atoms with van der Waals surface area (Å²) in [5, 5.41) is 18.6. The Bertz CT molecular complexity index is 707. The zero-order chi connectivity index (χ0) is 18.2. The van der Waals surface area contributed by atoms with Crippen LogP contribution in [0.4, 0.5) is 5.82 Å². The largest absolute Gasteiger partial charge is 0.508 e. The van der Waals surface area contributed by atoms with Crippen LogP contribution in [0.5, 0.6) is 5.75 Å². The Morgan fingerprint density at radius 2 is 2.04 bits per heavy atom. The lowest BCUT2D eigenvalue weighted by Crippen LogP contribution is -2.24. The van der Waals surface area contributed by atoms with Crippen LogP contribution in [0.2, 0.25) is 5.02 Å². The van der Waals surface area contributed by atoms with E-state index in [-0.39, 0.29) is 11.4 Å². The first kappa shape index (κ1) is 19.0. The van der Waals surface area contributed by atoms with Gasteiger partial charge in [0, 0.05) is 23.7 Å². The van der Waals surface area contributed by atoms with Crippen molar-refractivity contribution in [2.24, 2.45) is 0 Å². The molecule has 134 valence electrons. The number of phenolic OH excluding ortho intramolecular Hbond substituents is 1. The maximum Gasteiger partial charge on any atom is 0.358 e. The summed E-state index contributed by atoms with van der Waals surface area (Å²) in [6.45, 7) is 5.46. The molecule has 0 saturated carbocycles. The molecule has 0 spiro atoms. The minimum atomic E-state index is -0.469. The maximum absolute atomic E-state index is 11.9. The van der Waals surface area contributed by atoms with E-state index in [0.29, 0.717) is 36.1 Å². The minimum absolute atomic E-state index is 0.173. The van der Waals surface area contributed by atoms with Gasteiger partial charge in [0.2, 0.25) is 0 Å². The Labute approximate surface area is 152 Å². The molecule has 0 amide bonds. The van der Waals surface area contributed by atoms with Crippen LogP contribution >= 0.6 is 11.6 Å². The minimum Gasteiger partial charge on any atom is -0.508 e. The van der Waals surface area contributed by atoms with Gasteiger partial charge in [0.25, 0.3) is 0 Å². The van der Waals surface area contributed by atoms with Crippen molar-refractivity contribution in [2.45, 2.75) is 33.2 Å². The van der Waals surface area contributed by atoms with Crippen molar-refractivity contribution in [1.29, 1.82) is 0 Å². The second-order valence-corrected chi connectivity index (χ2v) is 5.99. The van der Waals surface area contributed by atoms with Crippen molar-refractivity contribution in [3.05, 3.63) is 46.6 Å². The predicted molar refractivity (Wildman–Crippen MR) is 97.1 cm³/mol. The third-order valence-electron chi connectivity index (χ3n) is 3.70. The topological polar surface area (TPSA) is 75.5 Å². The molecule has 0 unspecified atom stereocenters. The number of benzene rings is 1. The summed E-state index contributed by atoms with van der Waals surface area (Å²) in [5.41, 5.74) is 0.876. The fraction of sp³-hybridized carbons (Fsp3) is 0.389. The van der Waals surface area contributed by atoms with Crippen molar-refractivity contribution < 1.29 is 14.6 Å². The summed E-state index contributed by atoms with van der Waals surface area (Å²) < 4.78 is 5.12. The van der Waals surface area contributed by atoms with Crippen LogP contribution in [0.1, 0.15) is 42.7 Å². The maximum atomic E-state index is 11.9. The van der Waals surface area contributed by atoms with Crippen molar-refractivity contribution in [2.75, 3.05) is 18.1 Å². The van der Waals surface area contributed by atoms with Gasteiger partial charge >= 0.3 is 5.97 Å². The zero-order valence-electron chi connectivity index (χ0n) is 14.4. The number of carbonyl (C=O) groups is 1. The molecule has 0 aliphatic rings. The van der Waals surface area contributed by atoms with Crippen LogP contribution in [-0.4, -0.2) is 34.4 Å². The SMILES string of the molecule is CCCCOC(=O)c1ccc(N(CC)Cc2cc(Cl)ccc2O)nn1. The lowest BCUT2D eigenvalue weighted by atomic mass is 10.2. The van der Waals surface area contributed by atoms with E-state index in [4.69, 9.17) is 16.3 Å². The molecule has 2 aromatic rings. The highest BCUT2D eigenvalue weighted by Gasteiger charge is 2.14. The normalized spacial score (nSPS) is 10.5. The molecule has 25 heavy (non-hydrogen) atoms. The molecule has 0 aliphatic heterocycles. The van der Waals surface area contributed by atoms with E-state index in [9.17, 15) is 9.90 Å². The number of phenols is 1. The number of hydrogen-bond donors (Lipinski definition) is 1. The van der Waals surface area contributed by atoms with Crippen LogP contribution in [0.15, 0.2) is 30.3 Å². The Morgan fingerprint density at radius 1 is 1.24 bits per heavy atom. The van der Waals surface area contributed by atoms with Crippen LogP contribution in [-0.2, 0) is 11.3 Å². The van der Waals surface area contributed by atoms with Crippen molar-refractivity contribution in [3.63, 3.8) is 0 Å². The molecule has 1 aromatic carbocycles. The number of hydrogen-bond acceptors (Lipinski definition) is 6. The monoisotopic (exact) mass is 363 g/mol. The summed E-state index contributed by atoms with van der Waals surface area (Å²) in [4.78, 5) is 13.8. The fourth-order valence-electron chi connectivity index (χ4n) is 2.23. The molecule has 0 radical (unpaired) electrons. The molecule has 1 heterocycles. The summed E-state index contributed by atoms with van der Waals surface area (Å²) in [7, 11) is 0. The summed E-state index contributed by atoms with van der Waals surface area (Å²) >= 11 is 5.99. The highest BCUT2D eigenvalue weighted by Crippen LogP contribution is 2.24. The first-order chi connectivity index (χ1) is 12.0. The molecule has 7 heteroatoms. The highest BCUT2D eigenvalue weighted by atomic mass is 35.5. The van der Waals surface area contributed by atoms with Gasteiger partial charge in [-0.05, 0) is 43.7 Å². The summed E-state index contributed by atoms with van der Waals surface area (Å²) in [5.74, 6) is 0.307. The fourth-order valence-corrected chi connectivity index (χ4v) is 2.42.